The molecule has 2 rings (SSSR count). The minimum atomic E-state index is 0.368. The summed E-state index contributed by atoms with van der Waals surface area (Å²) in [6.45, 7) is 4.56. The van der Waals surface area contributed by atoms with Crippen molar-refractivity contribution in [1.29, 1.82) is 0 Å². The first-order valence-corrected chi connectivity index (χ1v) is 7.11. The molecule has 0 radical (unpaired) electrons. The number of para-hydroxylation sites is 1. The third kappa shape index (κ3) is 3.47. The fourth-order valence-electron chi connectivity index (χ4n) is 2.91. The Balaban J connectivity index is 2.03. The number of aliphatic imine (C=N–C) groups is 1. The SMILES string of the molecule is CCC1CCC(N=C(NN)Nc2ccccc2)C1C. The van der Waals surface area contributed by atoms with Gasteiger partial charge < -0.3 is 5.32 Å². The van der Waals surface area contributed by atoms with Crippen molar-refractivity contribution in [3.8, 4) is 0 Å². The molecule has 4 nitrogen and oxygen atoms in total. The van der Waals surface area contributed by atoms with Crippen molar-refractivity contribution in [2.75, 3.05) is 5.32 Å². The molecular formula is C15H24N4. The van der Waals surface area contributed by atoms with Crippen LogP contribution in [-0.4, -0.2) is 12.0 Å². The maximum atomic E-state index is 5.57. The maximum absolute atomic E-state index is 5.57. The topological polar surface area (TPSA) is 62.4 Å². The van der Waals surface area contributed by atoms with E-state index < -0.39 is 0 Å². The van der Waals surface area contributed by atoms with E-state index in [0.29, 0.717) is 17.9 Å². The van der Waals surface area contributed by atoms with Crippen molar-refractivity contribution in [1.82, 2.24) is 5.43 Å². The molecule has 1 saturated carbocycles. The summed E-state index contributed by atoms with van der Waals surface area (Å²) >= 11 is 0. The summed E-state index contributed by atoms with van der Waals surface area (Å²) in [5.74, 6) is 7.65. The molecule has 0 amide bonds. The van der Waals surface area contributed by atoms with Gasteiger partial charge >= 0.3 is 0 Å². The zero-order valence-corrected chi connectivity index (χ0v) is 11.8. The van der Waals surface area contributed by atoms with Gasteiger partial charge in [-0.05, 0) is 36.8 Å². The van der Waals surface area contributed by atoms with Gasteiger partial charge in [-0.3, -0.25) is 5.43 Å². The van der Waals surface area contributed by atoms with Crippen LogP contribution in [0.25, 0.3) is 0 Å². The molecule has 1 aromatic rings. The average molecular weight is 260 g/mol. The van der Waals surface area contributed by atoms with E-state index in [-0.39, 0.29) is 0 Å². The standard InChI is InChI=1S/C15H24N4/c1-3-12-9-10-14(11(12)2)18-15(19-16)17-13-7-5-4-6-8-13/h4-8,11-12,14H,3,9-10,16H2,1-2H3,(H2,17,18,19). The van der Waals surface area contributed by atoms with Gasteiger partial charge in [-0.1, -0.05) is 38.5 Å². The molecule has 0 saturated heterocycles. The minimum absolute atomic E-state index is 0.368. The second-order valence-electron chi connectivity index (χ2n) is 5.29. The highest BCUT2D eigenvalue weighted by molar-refractivity contribution is 5.93. The predicted octanol–water partition coefficient (Wildman–Crippen LogP) is 2.74. The van der Waals surface area contributed by atoms with E-state index in [0.717, 1.165) is 18.0 Å². The van der Waals surface area contributed by atoms with Gasteiger partial charge in [-0.2, -0.15) is 0 Å². The van der Waals surface area contributed by atoms with Gasteiger partial charge in [0.15, 0.2) is 0 Å². The molecule has 4 N–H and O–H groups in total. The van der Waals surface area contributed by atoms with Crippen molar-refractivity contribution < 1.29 is 0 Å². The summed E-state index contributed by atoms with van der Waals surface area (Å²) < 4.78 is 0. The van der Waals surface area contributed by atoms with Crippen molar-refractivity contribution >= 4 is 11.6 Å². The molecular weight excluding hydrogens is 236 g/mol. The van der Waals surface area contributed by atoms with Crippen LogP contribution in [0.1, 0.15) is 33.1 Å². The molecule has 3 atom stereocenters. The van der Waals surface area contributed by atoms with Crippen molar-refractivity contribution in [3.05, 3.63) is 30.3 Å². The molecule has 0 bridgehead atoms. The van der Waals surface area contributed by atoms with Crippen LogP contribution >= 0.6 is 0 Å². The summed E-state index contributed by atoms with van der Waals surface area (Å²) in [4.78, 5) is 4.74. The van der Waals surface area contributed by atoms with Gasteiger partial charge in [0.05, 0.1) is 6.04 Å². The smallest absolute Gasteiger partial charge is 0.210 e. The largest absolute Gasteiger partial charge is 0.325 e. The molecule has 0 spiro atoms. The van der Waals surface area contributed by atoms with Gasteiger partial charge in [-0.25, -0.2) is 10.8 Å². The van der Waals surface area contributed by atoms with Crippen LogP contribution in [0.4, 0.5) is 5.69 Å². The number of benzene rings is 1. The van der Waals surface area contributed by atoms with E-state index in [4.69, 9.17) is 10.8 Å². The summed E-state index contributed by atoms with van der Waals surface area (Å²) in [5.41, 5.74) is 3.67. The highest BCUT2D eigenvalue weighted by atomic mass is 15.3. The number of nitrogens with two attached hydrogens (primary N) is 1. The minimum Gasteiger partial charge on any atom is -0.325 e. The lowest BCUT2D eigenvalue weighted by Gasteiger charge is -2.18. The second kappa shape index (κ2) is 6.57. The lowest BCUT2D eigenvalue weighted by Crippen LogP contribution is -2.37. The second-order valence-corrected chi connectivity index (χ2v) is 5.29. The van der Waals surface area contributed by atoms with Crippen molar-refractivity contribution in [2.24, 2.45) is 22.7 Å². The van der Waals surface area contributed by atoms with E-state index in [1.807, 2.05) is 30.3 Å². The number of hydrogen-bond acceptors (Lipinski definition) is 2. The molecule has 0 aromatic heterocycles. The zero-order valence-electron chi connectivity index (χ0n) is 11.8. The molecule has 0 heterocycles. The van der Waals surface area contributed by atoms with Crippen LogP contribution in [0.5, 0.6) is 0 Å². The van der Waals surface area contributed by atoms with E-state index in [9.17, 15) is 0 Å². The van der Waals surface area contributed by atoms with Crippen LogP contribution in [-0.2, 0) is 0 Å². The normalized spacial score (nSPS) is 27.3. The molecule has 1 aliphatic rings. The highest BCUT2D eigenvalue weighted by Gasteiger charge is 2.31. The summed E-state index contributed by atoms with van der Waals surface area (Å²) in [7, 11) is 0. The Morgan fingerprint density at radius 1 is 1.32 bits per heavy atom. The Bertz CT molecular complexity index is 415. The van der Waals surface area contributed by atoms with Crippen molar-refractivity contribution in [2.45, 2.75) is 39.2 Å². The zero-order chi connectivity index (χ0) is 13.7. The fraction of sp³-hybridized carbons (Fsp3) is 0.533. The highest BCUT2D eigenvalue weighted by Crippen LogP contribution is 2.35. The number of hydrazine groups is 1. The Labute approximate surface area is 115 Å². The van der Waals surface area contributed by atoms with Crippen LogP contribution in [0, 0.1) is 11.8 Å². The van der Waals surface area contributed by atoms with Gasteiger partial charge in [0, 0.05) is 5.69 Å². The number of nitrogens with one attached hydrogen (secondary N) is 2. The number of nitrogens with zero attached hydrogens (tertiary/aromatic N) is 1. The van der Waals surface area contributed by atoms with Gasteiger partial charge in [0.2, 0.25) is 5.96 Å². The number of anilines is 1. The molecule has 104 valence electrons. The molecule has 19 heavy (non-hydrogen) atoms. The Morgan fingerprint density at radius 2 is 2.05 bits per heavy atom. The molecule has 0 aliphatic heterocycles. The quantitative estimate of drug-likeness (QED) is 0.339. The van der Waals surface area contributed by atoms with Crippen LogP contribution in [0.3, 0.4) is 0 Å². The average Bonchev–Trinajstić information content (AvgIpc) is 2.80. The van der Waals surface area contributed by atoms with Crippen LogP contribution in [0.2, 0.25) is 0 Å². The van der Waals surface area contributed by atoms with E-state index in [1.54, 1.807) is 0 Å². The van der Waals surface area contributed by atoms with Crippen LogP contribution in [0.15, 0.2) is 35.3 Å². The first-order valence-electron chi connectivity index (χ1n) is 7.11. The Morgan fingerprint density at radius 3 is 2.63 bits per heavy atom. The predicted molar refractivity (Wildman–Crippen MR) is 80.8 cm³/mol. The first-order chi connectivity index (χ1) is 9.24. The fourth-order valence-corrected chi connectivity index (χ4v) is 2.91. The van der Waals surface area contributed by atoms with Crippen molar-refractivity contribution in [3.63, 3.8) is 0 Å². The van der Waals surface area contributed by atoms with Crippen LogP contribution < -0.4 is 16.6 Å². The lowest BCUT2D eigenvalue weighted by molar-refractivity contribution is 0.383. The number of rotatable bonds is 3. The van der Waals surface area contributed by atoms with E-state index in [1.165, 1.54) is 12.8 Å². The number of hydrogen-bond donors (Lipinski definition) is 3. The molecule has 1 fully saturated rings. The summed E-state index contributed by atoms with van der Waals surface area (Å²) in [5, 5.41) is 3.22. The van der Waals surface area contributed by atoms with E-state index >= 15 is 0 Å². The van der Waals surface area contributed by atoms with E-state index in [2.05, 4.69) is 24.6 Å². The molecule has 3 unspecified atom stereocenters. The lowest BCUT2D eigenvalue weighted by atomic mass is 9.94. The van der Waals surface area contributed by atoms with Gasteiger partial charge in [-0.15, -0.1) is 0 Å². The van der Waals surface area contributed by atoms with Gasteiger partial charge in [0.1, 0.15) is 0 Å². The summed E-state index contributed by atoms with van der Waals surface area (Å²) in [6.07, 6.45) is 3.67. The molecule has 4 heteroatoms. The third-order valence-corrected chi connectivity index (χ3v) is 4.18. The number of guanidine groups is 1. The third-order valence-electron chi connectivity index (χ3n) is 4.18. The molecule has 1 aromatic carbocycles. The summed E-state index contributed by atoms with van der Waals surface area (Å²) in [6, 6.07) is 10.3. The monoisotopic (exact) mass is 260 g/mol. The maximum Gasteiger partial charge on any atom is 0.210 e. The first kappa shape index (κ1) is 13.9. The Hall–Kier alpha value is -1.55. The van der Waals surface area contributed by atoms with Gasteiger partial charge in [0.25, 0.3) is 0 Å². The molecule has 1 aliphatic carbocycles. The Kier molecular flexibility index (Phi) is 4.80.